The Balaban J connectivity index is 2.50. The fourth-order valence-electron chi connectivity index (χ4n) is 1.27. The summed E-state index contributed by atoms with van der Waals surface area (Å²) in [5.41, 5.74) is 2.47. The number of hydrazine groups is 1. The third-order valence-corrected chi connectivity index (χ3v) is 1.98. The van der Waals surface area contributed by atoms with Gasteiger partial charge in [0.25, 0.3) is 0 Å². The molecule has 0 aliphatic carbocycles. The average Bonchev–Trinajstić information content (AvgIpc) is 2.38. The van der Waals surface area contributed by atoms with Crippen LogP contribution in [0.15, 0.2) is 6.07 Å². The molecule has 1 rings (SSSR count). The van der Waals surface area contributed by atoms with E-state index in [1.54, 1.807) is 13.2 Å². The van der Waals surface area contributed by atoms with E-state index in [0.29, 0.717) is 43.8 Å². The molecule has 0 unspecified atom stereocenters. The van der Waals surface area contributed by atoms with Gasteiger partial charge in [0, 0.05) is 19.7 Å². The quantitative estimate of drug-likeness (QED) is 0.261. The first-order chi connectivity index (χ1) is 8.80. The zero-order valence-corrected chi connectivity index (χ0v) is 10.3. The van der Waals surface area contributed by atoms with Gasteiger partial charge < -0.3 is 25.3 Å². The average molecular weight is 257 g/mol. The summed E-state index contributed by atoms with van der Waals surface area (Å²) in [5, 5.41) is 11.6. The second-order valence-electron chi connectivity index (χ2n) is 3.39. The molecule has 0 atom stereocenters. The summed E-state index contributed by atoms with van der Waals surface area (Å²) in [6, 6.07) is 1.69. The lowest BCUT2D eigenvalue weighted by molar-refractivity contribution is 0.0992. The van der Waals surface area contributed by atoms with E-state index in [0.717, 1.165) is 0 Å². The molecule has 0 saturated carbocycles. The Morgan fingerprint density at radius 1 is 1.33 bits per heavy atom. The lowest BCUT2D eigenvalue weighted by Crippen LogP contribution is -2.15. The summed E-state index contributed by atoms with van der Waals surface area (Å²) in [4.78, 5) is 8.36. The predicted molar refractivity (Wildman–Crippen MR) is 66.9 cm³/mol. The van der Waals surface area contributed by atoms with Gasteiger partial charge in [0.15, 0.2) is 5.82 Å². The van der Waals surface area contributed by atoms with Crippen LogP contribution in [0, 0.1) is 0 Å². The van der Waals surface area contributed by atoms with Crippen molar-refractivity contribution < 1.29 is 14.6 Å². The van der Waals surface area contributed by atoms with Gasteiger partial charge in [-0.05, 0) is 0 Å². The van der Waals surface area contributed by atoms with E-state index in [9.17, 15) is 0 Å². The number of nitrogens with one attached hydrogen (secondary N) is 2. The fraction of sp³-hybridized carbons (Fsp3) is 0.600. The molecular formula is C10H19N5O3. The maximum atomic E-state index is 8.54. The van der Waals surface area contributed by atoms with Crippen LogP contribution < -0.4 is 16.6 Å². The van der Waals surface area contributed by atoms with E-state index in [1.165, 1.54) is 0 Å². The van der Waals surface area contributed by atoms with Crippen molar-refractivity contribution in [1.29, 1.82) is 0 Å². The van der Waals surface area contributed by atoms with E-state index < -0.39 is 0 Å². The lowest BCUT2D eigenvalue weighted by Gasteiger charge is -2.09. The molecule has 102 valence electrons. The first-order valence-electron chi connectivity index (χ1n) is 5.56. The zero-order valence-electron chi connectivity index (χ0n) is 10.3. The van der Waals surface area contributed by atoms with Crippen molar-refractivity contribution in [2.75, 3.05) is 44.2 Å². The van der Waals surface area contributed by atoms with Crippen molar-refractivity contribution >= 4 is 11.6 Å². The maximum absolute atomic E-state index is 8.54. The summed E-state index contributed by atoms with van der Waals surface area (Å²) >= 11 is 0. The molecule has 0 bridgehead atoms. The highest BCUT2D eigenvalue weighted by Gasteiger charge is 2.03. The van der Waals surface area contributed by atoms with Gasteiger partial charge in [-0.1, -0.05) is 0 Å². The minimum atomic E-state index is 0.0206. The maximum Gasteiger partial charge on any atom is 0.158 e. The summed E-state index contributed by atoms with van der Waals surface area (Å²) in [6.45, 7) is 1.72. The molecule has 1 aromatic rings. The summed E-state index contributed by atoms with van der Waals surface area (Å²) < 4.78 is 10.1. The Kier molecular flexibility index (Phi) is 6.96. The van der Waals surface area contributed by atoms with Gasteiger partial charge in [-0.3, -0.25) is 0 Å². The third kappa shape index (κ3) is 5.23. The molecule has 0 aliphatic rings. The van der Waals surface area contributed by atoms with Crippen LogP contribution >= 0.6 is 0 Å². The van der Waals surface area contributed by atoms with Crippen LogP contribution in [-0.2, 0) is 16.1 Å². The van der Waals surface area contributed by atoms with Gasteiger partial charge >= 0.3 is 0 Å². The van der Waals surface area contributed by atoms with Gasteiger partial charge in [-0.25, -0.2) is 15.8 Å². The summed E-state index contributed by atoms with van der Waals surface area (Å²) in [5.74, 6) is 7.00. The second-order valence-corrected chi connectivity index (χ2v) is 3.39. The Morgan fingerprint density at radius 2 is 2.11 bits per heavy atom. The standard InChI is InChI=1S/C10H19N5O3/c1-17-7-10-13-8(6-9(14-10)15-11)12-2-4-18-5-3-16/h6,16H,2-5,7,11H2,1H3,(H2,12,13,14,15). The van der Waals surface area contributed by atoms with E-state index in [4.69, 9.17) is 20.4 Å². The Labute approximate surface area is 105 Å². The minimum Gasteiger partial charge on any atom is -0.394 e. The first-order valence-corrected chi connectivity index (χ1v) is 5.56. The van der Waals surface area contributed by atoms with Crippen LogP contribution in [-0.4, -0.2) is 48.5 Å². The Hall–Kier alpha value is -1.48. The van der Waals surface area contributed by atoms with E-state index in [1.807, 2.05) is 0 Å². The molecule has 1 aromatic heterocycles. The number of nitrogens with two attached hydrogens (primary N) is 1. The van der Waals surface area contributed by atoms with Crippen LogP contribution in [0.2, 0.25) is 0 Å². The zero-order chi connectivity index (χ0) is 13.2. The molecule has 0 spiro atoms. The Morgan fingerprint density at radius 3 is 2.78 bits per heavy atom. The van der Waals surface area contributed by atoms with Crippen molar-refractivity contribution in [2.24, 2.45) is 5.84 Å². The third-order valence-electron chi connectivity index (χ3n) is 1.98. The number of nitrogen functional groups attached to an aromatic ring is 1. The number of ether oxygens (including phenoxy) is 2. The number of aliphatic hydroxyl groups is 1. The molecule has 8 heteroatoms. The molecule has 0 fully saturated rings. The fourth-order valence-corrected chi connectivity index (χ4v) is 1.27. The molecule has 8 nitrogen and oxygen atoms in total. The number of methoxy groups -OCH3 is 1. The van der Waals surface area contributed by atoms with E-state index in [-0.39, 0.29) is 6.61 Å². The summed E-state index contributed by atoms with van der Waals surface area (Å²) in [7, 11) is 1.57. The molecular weight excluding hydrogens is 238 g/mol. The smallest absolute Gasteiger partial charge is 0.158 e. The van der Waals surface area contributed by atoms with Crippen molar-refractivity contribution in [1.82, 2.24) is 9.97 Å². The highest BCUT2D eigenvalue weighted by Crippen LogP contribution is 2.10. The van der Waals surface area contributed by atoms with Gasteiger partial charge in [0.1, 0.15) is 18.2 Å². The molecule has 0 radical (unpaired) electrons. The second kappa shape index (κ2) is 8.59. The van der Waals surface area contributed by atoms with Gasteiger partial charge in [0.2, 0.25) is 0 Å². The highest BCUT2D eigenvalue weighted by atomic mass is 16.5. The number of aliphatic hydroxyl groups excluding tert-OH is 1. The first kappa shape index (κ1) is 14.6. The van der Waals surface area contributed by atoms with Gasteiger partial charge in [-0.15, -0.1) is 0 Å². The molecule has 5 N–H and O–H groups in total. The molecule has 0 aromatic carbocycles. The molecule has 0 amide bonds. The van der Waals surface area contributed by atoms with Gasteiger partial charge in [0.05, 0.1) is 19.8 Å². The number of hydrogen-bond donors (Lipinski definition) is 4. The van der Waals surface area contributed by atoms with Crippen LogP contribution in [0.1, 0.15) is 5.82 Å². The monoisotopic (exact) mass is 257 g/mol. The molecule has 18 heavy (non-hydrogen) atoms. The van der Waals surface area contributed by atoms with Crippen LogP contribution in [0.3, 0.4) is 0 Å². The number of aromatic nitrogens is 2. The van der Waals surface area contributed by atoms with Crippen molar-refractivity contribution in [3.8, 4) is 0 Å². The number of rotatable bonds is 9. The predicted octanol–water partition coefficient (Wildman–Crippen LogP) is -0.671. The lowest BCUT2D eigenvalue weighted by atomic mass is 10.4. The summed E-state index contributed by atoms with van der Waals surface area (Å²) in [6.07, 6.45) is 0. The van der Waals surface area contributed by atoms with Crippen molar-refractivity contribution in [2.45, 2.75) is 6.61 Å². The van der Waals surface area contributed by atoms with Gasteiger partial charge in [-0.2, -0.15) is 0 Å². The molecule has 0 aliphatic heterocycles. The minimum absolute atomic E-state index is 0.0206. The number of hydrogen-bond acceptors (Lipinski definition) is 8. The largest absolute Gasteiger partial charge is 0.394 e. The van der Waals surface area contributed by atoms with Crippen LogP contribution in [0.5, 0.6) is 0 Å². The van der Waals surface area contributed by atoms with Crippen molar-refractivity contribution in [3.63, 3.8) is 0 Å². The Bertz CT molecular complexity index is 350. The van der Waals surface area contributed by atoms with Crippen molar-refractivity contribution in [3.05, 3.63) is 11.9 Å². The number of anilines is 2. The van der Waals surface area contributed by atoms with E-state index >= 15 is 0 Å². The topological polar surface area (TPSA) is 115 Å². The SMILES string of the molecule is COCc1nc(NN)cc(NCCOCCO)n1. The van der Waals surface area contributed by atoms with Crippen LogP contribution in [0.25, 0.3) is 0 Å². The van der Waals surface area contributed by atoms with Crippen LogP contribution in [0.4, 0.5) is 11.6 Å². The highest BCUT2D eigenvalue weighted by molar-refractivity contribution is 5.46. The molecule has 1 heterocycles. The van der Waals surface area contributed by atoms with E-state index in [2.05, 4.69) is 20.7 Å². The number of nitrogens with zero attached hydrogens (tertiary/aromatic N) is 2. The normalized spacial score (nSPS) is 10.4. The molecule has 0 saturated heterocycles.